The highest BCUT2D eigenvalue weighted by Gasteiger charge is 2.26. The summed E-state index contributed by atoms with van der Waals surface area (Å²) >= 11 is 1.58. The highest BCUT2D eigenvalue weighted by Crippen LogP contribution is 2.19. The van der Waals surface area contributed by atoms with Crippen molar-refractivity contribution in [3.63, 3.8) is 0 Å². The third kappa shape index (κ3) is 8.84. The van der Waals surface area contributed by atoms with Gasteiger partial charge in [0.25, 0.3) is 0 Å². The van der Waals surface area contributed by atoms with E-state index in [9.17, 15) is 18.0 Å². The van der Waals surface area contributed by atoms with Crippen LogP contribution in [0.1, 0.15) is 13.8 Å². The molecule has 96 valence electrons. The van der Waals surface area contributed by atoms with Crippen LogP contribution in [0.25, 0.3) is 0 Å². The van der Waals surface area contributed by atoms with Crippen molar-refractivity contribution in [1.82, 2.24) is 10.6 Å². The van der Waals surface area contributed by atoms with Crippen LogP contribution >= 0.6 is 11.8 Å². The molecule has 0 aromatic rings. The van der Waals surface area contributed by atoms with Crippen molar-refractivity contribution in [2.75, 3.05) is 25.9 Å². The molecule has 0 aliphatic rings. The maximum atomic E-state index is 11.7. The third-order valence-corrected chi connectivity index (χ3v) is 3.12. The molecule has 0 radical (unpaired) electrons. The minimum Gasteiger partial charge on any atom is -0.354 e. The van der Waals surface area contributed by atoms with Gasteiger partial charge in [0, 0.05) is 11.3 Å². The number of rotatable bonds is 6. The van der Waals surface area contributed by atoms with Crippen LogP contribution < -0.4 is 10.6 Å². The van der Waals surface area contributed by atoms with E-state index in [1.54, 1.807) is 11.8 Å². The van der Waals surface area contributed by atoms with Crippen LogP contribution in [0.2, 0.25) is 0 Å². The van der Waals surface area contributed by atoms with E-state index in [0.717, 1.165) is 0 Å². The number of nitrogens with one attached hydrogen (secondary N) is 2. The molecule has 0 heterocycles. The molecule has 0 unspecified atom stereocenters. The fraction of sp³-hybridized carbons (Fsp3) is 0.889. The highest BCUT2D eigenvalue weighted by atomic mass is 32.2. The zero-order chi connectivity index (χ0) is 12.8. The monoisotopic (exact) mass is 258 g/mol. The van der Waals surface area contributed by atoms with Crippen LogP contribution in [-0.4, -0.2) is 42.7 Å². The average Bonchev–Trinajstić information content (AvgIpc) is 2.13. The first-order chi connectivity index (χ1) is 7.16. The number of carbonyl (C=O) groups is 1. The van der Waals surface area contributed by atoms with E-state index < -0.39 is 18.6 Å². The molecular weight excluding hydrogens is 241 g/mol. The molecule has 0 rings (SSSR count). The Bertz CT molecular complexity index is 231. The van der Waals surface area contributed by atoms with Crippen molar-refractivity contribution < 1.29 is 18.0 Å². The Morgan fingerprint density at radius 2 is 1.81 bits per heavy atom. The van der Waals surface area contributed by atoms with Gasteiger partial charge in [-0.2, -0.15) is 24.9 Å². The van der Waals surface area contributed by atoms with Gasteiger partial charge < -0.3 is 10.6 Å². The summed E-state index contributed by atoms with van der Waals surface area (Å²) in [4.78, 5) is 11.1. The molecule has 0 aromatic carbocycles. The first-order valence-electron chi connectivity index (χ1n) is 4.75. The first-order valence-corrected chi connectivity index (χ1v) is 5.98. The van der Waals surface area contributed by atoms with Crippen molar-refractivity contribution in [3.8, 4) is 0 Å². The predicted octanol–water partition coefficient (Wildman–Crippen LogP) is 1.40. The fourth-order valence-electron chi connectivity index (χ4n) is 0.764. The zero-order valence-electron chi connectivity index (χ0n) is 9.57. The maximum absolute atomic E-state index is 11.7. The lowest BCUT2D eigenvalue weighted by Crippen LogP contribution is -2.42. The van der Waals surface area contributed by atoms with E-state index in [0.29, 0.717) is 6.54 Å². The van der Waals surface area contributed by atoms with Crippen LogP contribution in [0, 0.1) is 0 Å². The predicted molar refractivity (Wildman–Crippen MR) is 59.5 cm³/mol. The highest BCUT2D eigenvalue weighted by molar-refractivity contribution is 7.99. The molecule has 3 nitrogen and oxygen atoms in total. The lowest BCUT2D eigenvalue weighted by molar-refractivity contribution is -0.128. The van der Waals surface area contributed by atoms with E-state index in [1.807, 2.05) is 25.4 Å². The van der Waals surface area contributed by atoms with E-state index in [1.165, 1.54) is 0 Å². The smallest absolute Gasteiger partial charge is 0.354 e. The van der Waals surface area contributed by atoms with Crippen LogP contribution in [0.4, 0.5) is 13.2 Å². The van der Waals surface area contributed by atoms with Crippen LogP contribution in [-0.2, 0) is 4.79 Å². The Balaban J connectivity index is 3.68. The molecule has 0 atom stereocenters. The topological polar surface area (TPSA) is 41.1 Å². The summed E-state index contributed by atoms with van der Waals surface area (Å²) in [6.07, 6.45) is -2.37. The molecule has 0 bridgehead atoms. The summed E-state index contributed by atoms with van der Waals surface area (Å²) in [5, 5.41) is 4.61. The number of hydrogen-bond acceptors (Lipinski definition) is 3. The fourth-order valence-corrected chi connectivity index (χ4v) is 0.980. The molecule has 2 N–H and O–H groups in total. The molecule has 0 spiro atoms. The lowest BCUT2D eigenvalue weighted by atomic mass is 10.2. The zero-order valence-corrected chi connectivity index (χ0v) is 10.4. The molecule has 7 heteroatoms. The van der Waals surface area contributed by atoms with Crippen molar-refractivity contribution in [1.29, 1.82) is 0 Å². The summed E-state index contributed by atoms with van der Waals surface area (Å²) in [6, 6.07) is 0. The molecule has 1 amide bonds. The molecule has 0 aliphatic heterocycles. The van der Waals surface area contributed by atoms with E-state index in [2.05, 4.69) is 5.32 Å². The Hall–Kier alpha value is -0.430. The second-order valence-electron chi connectivity index (χ2n) is 3.96. The Morgan fingerprint density at radius 1 is 1.25 bits per heavy atom. The maximum Gasteiger partial charge on any atom is 0.401 e. The molecule has 0 aliphatic carbocycles. The molecular formula is C9H17F3N2OS. The van der Waals surface area contributed by atoms with Gasteiger partial charge in [-0.3, -0.25) is 4.79 Å². The van der Waals surface area contributed by atoms with E-state index in [-0.39, 0.29) is 11.3 Å². The van der Waals surface area contributed by atoms with Crippen LogP contribution in [0.5, 0.6) is 0 Å². The summed E-state index contributed by atoms with van der Waals surface area (Å²) in [5.74, 6) is -0.425. The van der Waals surface area contributed by atoms with Gasteiger partial charge in [-0.15, -0.1) is 0 Å². The Labute approximate surface area is 97.5 Å². The third-order valence-electron chi connectivity index (χ3n) is 1.87. The van der Waals surface area contributed by atoms with E-state index in [4.69, 9.17) is 0 Å². The minimum absolute atomic E-state index is 0.111. The van der Waals surface area contributed by atoms with Crippen molar-refractivity contribution in [2.45, 2.75) is 24.8 Å². The Morgan fingerprint density at radius 3 is 2.25 bits per heavy atom. The van der Waals surface area contributed by atoms with Gasteiger partial charge in [0.1, 0.15) is 0 Å². The molecule has 0 aromatic heterocycles. The minimum atomic E-state index is -4.28. The first kappa shape index (κ1) is 15.6. The van der Waals surface area contributed by atoms with Gasteiger partial charge in [-0.25, -0.2) is 0 Å². The summed E-state index contributed by atoms with van der Waals surface area (Å²) < 4.78 is 35.1. The number of halogens is 3. The quantitative estimate of drug-likeness (QED) is 0.756. The van der Waals surface area contributed by atoms with E-state index >= 15 is 0 Å². The average molecular weight is 258 g/mol. The number of alkyl halides is 3. The molecule has 0 fully saturated rings. The van der Waals surface area contributed by atoms with Crippen molar-refractivity contribution in [2.24, 2.45) is 0 Å². The number of thioether (sulfide) groups is 1. The second-order valence-corrected chi connectivity index (χ2v) is 5.47. The Kier molecular flexibility index (Phi) is 6.17. The van der Waals surface area contributed by atoms with Gasteiger partial charge in [0.15, 0.2) is 0 Å². The van der Waals surface area contributed by atoms with Crippen LogP contribution in [0.15, 0.2) is 0 Å². The van der Waals surface area contributed by atoms with Crippen molar-refractivity contribution >= 4 is 17.7 Å². The van der Waals surface area contributed by atoms with Gasteiger partial charge in [-0.05, 0) is 20.1 Å². The van der Waals surface area contributed by atoms with Crippen molar-refractivity contribution in [3.05, 3.63) is 0 Å². The molecule has 16 heavy (non-hydrogen) atoms. The van der Waals surface area contributed by atoms with Gasteiger partial charge in [0.2, 0.25) is 5.91 Å². The normalized spacial score (nSPS) is 12.6. The number of hydrogen-bond donors (Lipinski definition) is 2. The molecule has 0 saturated carbocycles. The second kappa shape index (κ2) is 6.34. The van der Waals surface area contributed by atoms with Gasteiger partial charge in [-0.1, -0.05) is 0 Å². The number of carbonyl (C=O) groups excluding carboxylic acids is 1. The van der Waals surface area contributed by atoms with Crippen LogP contribution in [0.3, 0.4) is 0 Å². The largest absolute Gasteiger partial charge is 0.401 e. The molecule has 0 saturated heterocycles. The van der Waals surface area contributed by atoms with Gasteiger partial charge in [0.05, 0.1) is 13.1 Å². The summed E-state index contributed by atoms with van der Waals surface area (Å²) in [7, 11) is 0. The SMILES string of the molecule is CSC(C)(C)CNC(=O)CNCC(F)(F)F. The van der Waals surface area contributed by atoms with Gasteiger partial charge >= 0.3 is 6.18 Å². The lowest BCUT2D eigenvalue weighted by Gasteiger charge is -2.22. The summed E-state index contributed by atoms with van der Waals surface area (Å²) in [5.41, 5.74) is 0. The number of amides is 1. The standard InChI is InChI=1S/C9H17F3N2OS/c1-8(2,16-3)5-14-7(15)4-13-6-9(10,11)12/h13H,4-6H2,1-3H3,(H,14,15). The summed E-state index contributed by atoms with van der Waals surface area (Å²) in [6.45, 7) is 2.86.